The Morgan fingerprint density at radius 2 is 2.08 bits per heavy atom. The number of aromatic nitrogens is 1. The zero-order chi connectivity index (χ0) is 19.1. The average Bonchev–Trinajstić information content (AvgIpc) is 3.02. The third-order valence-corrected chi connectivity index (χ3v) is 4.90. The molecule has 1 heterocycles. The van der Waals surface area contributed by atoms with Gasteiger partial charge in [-0.25, -0.2) is 4.98 Å². The second kappa shape index (κ2) is 9.45. The third-order valence-electron chi connectivity index (χ3n) is 4.02. The Morgan fingerprint density at radius 3 is 2.69 bits per heavy atom. The van der Waals surface area contributed by atoms with Crippen LogP contribution in [0.5, 0.6) is 0 Å². The highest BCUT2D eigenvalue weighted by atomic mass is 32.1. The van der Waals surface area contributed by atoms with Gasteiger partial charge in [0.25, 0.3) is 5.91 Å². The van der Waals surface area contributed by atoms with Crippen LogP contribution in [0.2, 0.25) is 0 Å². The molecule has 0 radical (unpaired) electrons. The predicted octanol–water partition coefficient (Wildman–Crippen LogP) is 1.68. The van der Waals surface area contributed by atoms with Crippen molar-refractivity contribution in [2.45, 2.75) is 34.2 Å². The van der Waals surface area contributed by atoms with E-state index < -0.39 is 0 Å². The number of hydrogen-bond acceptors (Lipinski definition) is 4. The summed E-state index contributed by atoms with van der Waals surface area (Å²) in [5, 5.41) is 5.46. The van der Waals surface area contributed by atoms with Crippen molar-refractivity contribution < 1.29 is 14.5 Å². The molecule has 0 bridgehead atoms. The number of likely N-dealkylation sites (N-methyl/N-ethyl adjacent to an activating group) is 2. The van der Waals surface area contributed by atoms with Crippen LogP contribution in [0.4, 0.5) is 10.8 Å². The molecule has 0 saturated heterocycles. The van der Waals surface area contributed by atoms with Crippen LogP contribution in [0.1, 0.15) is 32.0 Å². The Hall–Kier alpha value is -2.25. The number of hydrogen-bond donors (Lipinski definition) is 2. The Balaban J connectivity index is 2.15. The van der Waals surface area contributed by atoms with Crippen molar-refractivity contribution in [2.75, 3.05) is 24.5 Å². The average molecular weight is 376 g/mol. The number of amides is 2. The predicted molar refractivity (Wildman–Crippen MR) is 105 cm³/mol. The number of rotatable bonds is 8. The summed E-state index contributed by atoms with van der Waals surface area (Å²) in [7, 11) is 0. The highest BCUT2D eigenvalue weighted by molar-refractivity contribution is 7.14. The number of carbonyl (C=O) groups is 2. The topological polar surface area (TPSA) is 66.7 Å². The summed E-state index contributed by atoms with van der Waals surface area (Å²) in [4.78, 5) is 31.4. The molecule has 26 heavy (non-hydrogen) atoms. The molecule has 1 atom stereocenters. The van der Waals surface area contributed by atoms with Gasteiger partial charge in [-0.3, -0.25) is 14.5 Å². The summed E-state index contributed by atoms with van der Waals surface area (Å²) in [6, 6.07) is 7.82. The van der Waals surface area contributed by atoms with Crippen LogP contribution in [0.15, 0.2) is 29.6 Å². The summed E-state index contributed by atoms with van der Waals surface area (Å²) in [6.45, 7) is 10.1. The minimum atomic E-state index is -0.0708. The minimum Gasteiger partial charge on any atom is -0.351 e. The van der Waals surface area contributed by atoms with Crippen LogP contribution in [-0.4, -0.2) is 36.4 Å². The first-order valence-corrected chi connectivity index (χ1v) is 9.74. The highest BCUT2D eigenvalue weighted by Crippen LogP contribution is 2.29. The number of nitrogens with zero attached hydrogens (tertiary/aromatic N) is 2. The molecule has 2 aromatic rings. The molecule has 0 saturated carbocycles. The molecular formula is C19H27N4O2S+. The van der Waals surface area contributed by atoms with E-state index in [2.05, 4.69) is 17.2 Å². The largest absolute Gasteiger partial charge is 0.351 e. The molecule has 0 fully saturated rings. The monoisotopic (exact) mass is 375 g/mol. The van der Waals surface area contributed by atoms with Gasteiger partial charge >= 0.3 is 0 Å². The van der Waals surface area contributed by atoms with Crippen LogP contribution in [-0.2, 0) is 16.1 Å². The van der Waals surface area contributed by atoms with E-state index in [1.807, 2.05) is 43.5 Å². The van der Waals surface area contributed by atoms with Gasteiger partial charge in [0.1, 0.15) is 12.2 Å². The summed E-state index contributed by atoms with van der Waals surface area (Å²) in [6.07, 6.45) is 0. The fraction of sp³-hybridized carbons (Fsp3) is 0.421. The van der Waals surface area contributed by atoms with Gasteiger partial charge in [0, 0.05) is 18.8 Å². The molecule has 2 rings (SSSR count). The molecule has 7 heteroatoms. The van der Waals surface area contributed by atoms with E-state index >= 15 is 0 Å². The zero-order valence-corrected chi connectivity index (χ0v) is 16.7. The molecule has 1 aromatic carbocycles. The Morgan fingerprint density at radius 1 is 1.31 bits per heavy atom. The van der Waals surface area contributed by atoms with Crippen molar-refractivity contribution in [1.29, 1.82) is 0 Å². The van der Waals surface area contributed by atoms with E-state index in [0.717, 1.165) is 28.4 Å². The summed E-state index contributed by atoms with van der Waals surface area (Å²) >= 11 is 1.45. The maximum absolute atomic E-state index is 12.2. The number of aryl methyl sites for hydroxylation is 1. The van der Waals surface area contributed by atoms with E-state index in [9.17, 15) is 9.59 Å². The number of nitrogens with one attached hydrogen (secondary N) is 2. The van der Waals surface area contributed by atoms with Crippen LogP contribution in [0.25, 0.3) is 0 Å². The standard InChI is InChI=1S/C19H26N4O2S/c1-5-20-18(25)12-22(6-2)11-16-13-26-19(21-16)23(15(4)24)17-9-7-8-14(3)10-17/h7-10,13H,5-6,11-12H2,1-4H3,(H,20,25)/p+1. The fourth-order valence-corrected chi connectivity index (χ4v) is 3.62. The lowest BCUT2D eigenvalue weighted by atomic mass is 10.2. The second-order valence-corrected chi connectivity index (χ2v) is 7.06. The maximum Gasteiger partial charge on any atom is 0.275 e. The fourth-order valence-electron chi connectivity index (χ4n) is 2.73. The van der Waals surface area contributed by atoms with Gasteiger partial charge in [0.2, 0.25) is 5.91 Å². The number of quaternary nitrogens is 1. The van der Waals surface area contributed by atoms with Crippen LogP contribution in [0.3, 0.4) is 0 Å². The molecule has 0 spiro atoms. The normalized spacial score (nSPS) is 11.8. The van der Waals surface area contributed by atoms with Crippen molar-refractivity contribution in [2.24, 2.45) is 0 Å². The van der Waals surface area contributed by atoms with Gasteiger partial charge in [-0.05, 0) is 38.5 Å². The lowest BCUT2D eigenvalue weighted by molar-refractivity contribution is -0.904. The number of thiazole rings is 1. The highest BCUT2D eigenvalue weighted by Gasteiger charge is 2.20. The van der Waals surface area contributed by atoms with Gasteiger partial charge in [0.15, 0.2) is 11.7 Å². The van der Waals surface area contributed by atoms with Crippen molar-refractivity contribution in [3.63, 3.8) is 0 Å². The molecular weight excluding hydrogens is 348 g/mol. The Bertz CT molecular complexity index is 760. The zero-order valence-electron chi connectivity index (χ0n) is 15.8. The summed E-state index contributed by atoms with van der Waals surface area (Å²) in [5.41, 5.74) is 2.81. The quantitative estimate of drug-likeness (QED) is 0.738. The second-order valence-electron chi connectivity index (χ2n) is 6.23. The van der Waals surface area contributed by atoms with E-state index in [0.29, 0.717) is 24.8 Å². The SMILES string of the molecule is CCNC(=O)C[NH+](CC)Cc1csc(N(C(C)=O)c2cccc(C)c2)n1. The molecule has 2 amide bonds. The molecule has 2 N–H and O–H groups in total. The lowest BCUT2D eigenvalue weighted by Crippen LogP contribution is -3.11. The van der Waals surface area contributed by atoms with Crippen LogP contribution < -0.4 is 15.1 Å². The van der Waals surface area contributed by atoms with Gasteiger partial charge in [-0.15, -0.1) is 11.3 Å². The van der Waals surface area contributed by atoms with Crippen molar-refractivity contribution in [1.82, 2.24) is 10.3 Å². The minimum absolute atomic E-state index is 0.0462. The van der Waals surface area contributed by atoms with Crippen LogP contribution in [0, 0.1) is 6.92 Å². The lowest BCUT2D eigenvalue weighted by Gasteiger charge is -2.18. The molecule has 0 aliphatic carbocycles. The van der Waals surface area contributed by atoms with E-state index in [1.54, 1.807) is 11.8 Å². The van der Waals surface area contributed by atoms with Crippen molar-refractivity contribution >= 4 is 34.0 Å². The molecule has 1 unspecified atom stereocenters. The Kier molecular flexibility index (Phi) is 7.29. The van der Waals surface area contributed by atoms with Crippen LogP contribution >= 0.6 is 11.3 Å². The molecule has 0 aliphatic rings. The van der Waals surface area contributed by atoms with E-state index in [4.69, 9.17) is 0 Å². The first-order chi connectivity index (χ1) is 12.4. The number of anilines is 2. The van der Waals surface area contributed by atoms with Gasteiger partial charge in [0.05, 0.1) is 12.2 Å². The van der Waals surface area contributed by atoms with Gasteiger partial charge in [-0.1, -0.05) is 12.1 Å². The molecule has 1 aromatic heterocycles. The van der Waals surface area contributed by atoms with Crippen molar-refractivity contribution in [3.05, 3.63) is 40.9 Å². The van der Waals surface area contributed by atoms with E-state index in [-0.39, 0.29) is 11.8 Å². The summed E-state index contributed by atoms with van der Waals surface area (Å²) < 4.78 is 0. The molecule has 6 nitrogen and oxygen atoms in total. The number of benzene rings is 1. The van der Waals surface area contributed by atoms with Crippen molar-refractivity contribution in [3.8, 4) is 0 Å². The first kappa shape index (κ1) is 20.1. The molecule has 0 aliphatic heterocycles. The summed E-state index contributed by atoms with van der Waals surface area (Å²) in [5.74, 6) is -0.0246. The number of carbonyl (C=O) groups excluding carboxylic acids is 2. The van der Waals surface area contributed by atoms with E-state index in [1.165, 1.54) is 11.3 Å². The smallest absolute Gasteiger partial charge is 0.275 e. The Labute approximate surface area is 158 Å². The molecule has 140 valence electrons. The maximum atomic E-state index is 12.2. The first-order valence-electron chi connectivity index (χ1n) is 8.86. The van der Waals surface area contributed by atoms with Gasteiger partial charge < -0.3 is 10.2 Å². The van der Waals surface area contributed by atoms with Gasteiger partial charge in [-0.2, -0.15) is 0 Å². The third kappa shape index (κ3) is 5.37.